The summed E-state index contributed by atoms with van der Waals surface area (Å²) in [5.74, 6) is -4.15. The zero-order valence-corrected chi connectivity index (χ0v) is 17.6. The smallest absolute Gasteiger partial charge is 0.292 e. The van der Waals surface area contributed by atoms with Gasteiger partial charge >= 0.3 is 12.2 Å². The molecule has 1 atom stereocenters. The van der Waals surface area contributed by atoms with E-state index in [-0.39, 0.29) is 22.0 Å². The van der Waals surface area contributed by atoms with Crippen LogP contribution in [0.15, 0.2) is 35.7 Å². The number of nitrogens with one attached hydrogen (secondary N) is 1. The molecule has 4 amide bonds. The lowest BCUT2D eigenvalue weighted by atomic mass is 9.89. The lowest BCUT2D eigenvalue weighted by Crippen LogP contribution is -2.47. The van der Waals surface area contributed by atoms with Gasteiger partial charge in [-0.2, -0.15) is 13.2 Å². The van der Waals surface area contributed by atoms with Crippen LogP contribution in [0.4, 0.5) is 23.7 Å². The number of nitrogens with zero attached hydrogens (tertiary/aromatic N) is 1. The molecular formula is C22H19F3N2O4S. The lowest BCUT2D eigenvalue weighted by Gasteiger charge is -2.22. The molecule has 4 rings (SSSR count). The summed E-state index contributed by atoms with van der Waals surface area (Å²) in [6, 6.07) is 4.43. The van der Waals surface area contributed by atoms with Crippen molar-refractivity contribution >= 4 is 40.7 Å². The first kappa shape index (κ1) is 22.2. The van der Waals surface area contributed by atoms with Gasteiger partial charge < -0.3 is 0 Å². The number of carbonyl (C=O) groups is 4. The molecule has 2 aliphatic rings. The maximum absolute atomic E-state index is 13.3. The number of carbonyl (C=O) groups excluding carboxylic acids is 4. The first-order valence-electron chi connectivity index (χ1n) is 10.2. The van der Waals surface area contributed by atoms with Crippen molar-refractivity contribution in [3.05, 3.63) is 51.7 Å². The van der Waals surface area contributed by atoms with Crippen molar-refractivity contribution < 1.29 is 32.3 Å². The molecule has 1 fully saturated rings. The molecule has 1 aromatic heterocycles. The van der Waals surface area contributed by atoms with E-state index in [4.69, 9.17) is 0 Å². The zero-order valence-electron chi connectivity index (χ0n) is 16.8. The number of alkyl halides is 3. The molecule has 1 unspecified atom stereocenters. The highest BCUT2D eigenvalue weighted by molar-refractivity contribution is 7.12. The zero-order chi connectivity index (χ0) is 23.0. The van der Waals surface area contributed by atoms with Gasteiger partial charge in [0, 0.05) is 5.92 Å². The minimum atomic E-state index is -4.69. The number of hydrogen-bond acceptors (Lipinski definition) is 5. The summed E-state index contributed by atoms with van der Waals surface area (Å²) in [5, 5.41) is 3.80. The number of fused-ring (bicyclic) bond motifs is 1. The molecule has 0 radical (unpaired) electrons. The van der Waals surface area contributed by atoms with E-state index in [9.17, 15) is 32.3 Å². The summed E-state index contributed by atoms with van der Waals surface area (Å²) in [6.07, 6.45) is -0.730. The predicted molar refractivity (Wildman–Crippen MR) is 110 cm³/mol. The Morgan fingerprint density at radius 1 is 1.06 bits per heavy atom. The number of Topliss-reactive ketones (excluding diaryl/α,β-unsaturated/α-hetero) is 1. The number of amides is 4. The Labute approximate surface area is 185 Å². The molecule has 2 heterocycles. The molecule has 32 heavy (non-hydrogen) atoms. The van der Waals surface area contributed by atoms with Gasteiger partial charge in [-0.1, -0.05) is 25.3 Å². The van der Waals surface area contributed by atoms with Gasteiger partial charge in [-0.25, -0.2) is 9.69 Å². The molecule has 10 heteroatoms. The highest BCUT2D eigenvalue weighted by Gasteiger charge is 2.47. The standard InChI is InChI=1S/C22H19F3N2O4S/c23-22(24,25)13-8-9-15-14(11-13)17(18(28)16-7-4-10-32-16)20(30)27(15)21(31)26-19(29)12-5-2-1-3-6-12/h4,7-12,17H,1-3,5-6H2,(H,26,29,31). The quantitative estimate of drug-likeness (QED) is 0.518. The summed E-state index contributed by atoms with van der Waals surface area (Å²) in [5.41, 5.74) is -1.37. The minimum absolute atomic E-state index is 0.133. The second kappa shape index (κ2) is 8.50. The molecular weight excluding hydrogens is 445 g/mol. The van der Waals surface area contributed by atoms with Crippen LogP contribution >= 0.6 is 11.3 Å². The van der Waals surface area contributed by atoms with Crippen molar-refractivity contribution in [3.8, 4) is 0 Å². The normalized spacial score (nSPS) is 19.0. The fourth-order valence-corrected chi connectivity index (χ4v) is 4.89. The van der Waals surface area contributed by atoms with Crippen LogP contribution in [0, 0.1) is 5.92 Å². The van der Waals surface area contributed by atoms with Crippen molar-refractivity contribution in [1.29, 1.82) is 0 Å². The Bertz CT molecular complexity index is 1080. The number of imide groups is 2. The third-order valence-electron chi connectivity index (χ3n) is 5.81. The van der Waals surface area contributed by atoms with Crippen LogP contribution in [-0.2, 0) is 15.8 Å². The number of benzene rings is 1. The summed E-state index contributed by atoms with van der Waals surface area (Å²) in [6.45, 7) is 0. The summed E-state index contributed by atoms with van der Waals surface area (Å²) in [4.78, 5) is 52.2. The summed E-state index contributed by atoms with van der Waals surface area (Å²) < 4.78 is 39.8. The molecule has 2 aromatic rings. The third-order valence-corrected chi connectivity index (χ3v) is 6.69. The van der Waals surface area contributed by atoms with Gasteiger partial charge in [0.25, 0.3) is 5.91 Å². The van der Waals surface area contributed by atoms with Gasteiger partial charge in [0.05, 0.1) is 16.1 Å². The van der Waals surface area contributed by atoms with Crippen molar-refractivity contribution in [3.63, 3.8) is 0 Å². The van der Waals surface area contributed by atoms with E-state index < -0.39 is 41.3 Å². The number of anilines is 1. The van der Waals surface area contributed by atoms with Crippen molar-refractivity contribution in [2.24, 2.45) is 5.92 Å². The highest BCUT2D eigenvalue weighted by atomic mass is 32.1. The van der Waals surface area contributed by atoms with Crippen LogP contribution in [0.2, 0.25) is 0 Å². The number of halogens is 3. The summed E-state index contributed by atoms with van der Waals surface area (Å²) in [7, 11) is 0. The number of ketones is 1. The number of hydrogen-bond donors (Lipinski definition) is 1. The molecule has 0 spiro atoms. The Morgan fingerprint density at radius 2 is 1.78 bits per heavy atom. The Hall–Kier alpha value is -3.01. The monoisotopic (exact) mass is 464 g/mol. The fraction of sp³-hybridized carbons (Fsp3) is 0.364. The second-order valence-corrected chi connectivity index (χ2v) is 8.80. The third kappa shape index (κ3) is 4.06. The maximum atomic E-state index is 13.3. The van der Waals surface area contributed by atoms with Crippen molar-refractivity contribution in [2.45, 2.75) is 44.2 Å². The Morgan fingerprint density at radius 3 is 2.41 bits per heavy atom. The molecule has 6 nitrogen and oxygen atoms in total. The molecule has 0 bridgehead atoms. The molecule has 1 aromatic carbocycles. The molecule has 168 valence electrons. The van der Waals surface area contributed by atoms with Crippen molar-refractivity contribution in [1.82, 2.24) is 5.32 Å². The van der Waals surface area contributed by atoms with Crippen LogP contribution < -0.4 is 10.2 Å². The van der Waals surface area contributed by atoms with E-state index >= 15 is 0 Å². The largest absolute Gasteiger partial charge is 0.416 e. The highest BCUT2D eigenvalue weighted by Crippen LogP contribution is 2.43. The Kier molecular flexibility index (Phi) is 5.89. The van der Waals surface area contributed by atoms with Gasteiger partial charge in [-0.3, -0.25) is 19.7 Å². The molecule has 1 aliphatic heterocycles. The van der Waals surface area contributed by atoms with E-state index in [2.05, 4.69) is 5.32 Å². The van der Waals surface area contributed by atoms with Gasteiger partial charge in [-0.05, 0) is 48.1 Å². The van der Waals surface area contributed by atoms with Crippen molar-refractivity contribution in [2.75, 3.05) is 4.90 Å². The molecule has 1 saturated carbocycles. The Balaban J connectivity index is 1.68. The lowest BCUT2D eigenvalue weighted by molar-refractivity contribution is -0.137. The SMILES string of the molecule is O=C(NC(=O)N1C(=O)C(C(=O)c2cccs2)c2cc(C(F)(F)F)ccc21)C1CCCCC1. The second-order valence-electron chi connectivity index (χ2n) is 7.85. The summed E-state index contributed by atoms with van der Waals surface area (Å²) >= 11 is 1.05. The van der Waals surface area contributed by atoms with Crippen LogP contribution in [0.1, 0.15) is 58.8 Å². The first-order valence-corrected chi connectivity index (χ1v) is 11.0. The minimum Gasteiger partial charge on any atom is -0.292 e. The number of thiophene rings is 1. The van der Waals surface area contributed by atoms with Crippen LogP contribution in [0.5, 0.6) is 0 Å². The number of rotatable bonds is 3. The van der Waals surface area contributed by atoms with Gasteiger partial charge in [0.15, 0.2) is 5.78 Å². The fourth-order valence-electron chi connectivity index (χ4n) is 4.20. The van der Waals surface area contributed by atoms with Crippen LogP contribution in [0.25, 0.3) is 0 Å². The topological polar surface area (TPSA) is 83.6 Å². The van der Waals surface area contributed by atoms with Gasteiger partial charge in [0.2, 0.25) is 5.91 Å². The maximum Gasteiger partial charge on any atom is 0.416 e. The van der Waals surface area contributed by atoms with E-state index in [0.29, 0.717) is 17.7 Å². The average molecular weight is 464 g/mol. The van der Waals surface area contributed by atoms with E-state index in [0.717, 1.165) is 48.8 Å². The van der Waals surface area contributed by atoms with E-state index in [1.807, 2.05) is 0 Å². The van der Waals surface area contributed by atoms with E-state index in [1.54, 1.807) is 11.4 Å². The van der Waals surface area contributed by atoms with E-state index in [1.165, 1.54) is 6.07 Å². The predicted octanol–water partition coefficient (Wildman–Crippen LogP) is 4.90. The van der Waals surface area contributed by atoms with Gasteiger partial charge in [0.1, 0.15) is 5.92 Å². The van der Waals surface area contributed by atoms with Gasteiger partial charge in [-0.15, -0.1) is 11.3 Å². The molecule has 1 N–H and O–H groups in total. The first-order chi connectivity index (χ1) is 15.2. The molecule has 0 saturated heterocycles. The van der Waals surface area contributed by atoms with Crippen LogP contribution in [-0.4, -0.2) is 23.6 Å². The van der Waals surface area contributed by atoms with Crippen LogP contribution in [0.3, 0.4) is 0 Å². The number of urea groups is 1. The molecule has 1 aliphatic carbocycles. The average Bonchev–Trinajstić information content (AvgIpc) is 3.38.